The fourth-order valence-electron chi connectivity index (χ4n) is 1.64. The van der Waals surface area contributed by atoms with Crippen LogP contribution in [0.1, 0.15) is 31.5 Å². The van der Waals surface area contributed by atoms with Crippen LogP contribution < -0.4 is 0 Å². The summed E-state index contributed by atoms with van der Waals surface area (Å²) in [6.45, 7) is 5.48. The van der Waals surface area contributed by atoms with Gasteiger partial charge in [0.15, 0.2) is 5.82 Å². The van der Waals surface area contributed by atoms with Crippen molar-refractivity contribution >= 4 is 0 Å². The molecule has 0 amide bonds. The molecule has 4 heteroatoms. The molecule has 1 aliphatic rings. The molecule has 0 N–H and O–H groups in total. The largest absolute Gasteiger partial charge is 0.380 e. The molecular weight excluding hydrogens is 168 g/mol. The van der Waals surface area contributed by atoms with Crippen molar-refractivity contribution in [3.8, 4) is 0 Å². The van der Waals surface area contributed by atoms with Crippen molar-refractivity contribution in [2.75, 3.05) is 13.2 Å². The number of nitrogens with zero attached hydrogens (tertiary/aromatic N) is 2. The maximum Gasteiger partial charge on any atom is 0.234 e. The van der Waals surface area contributed by atoms with Crippen LogP contribution in [0.2, 0.25) is 0 Å². The summed E-state index contributed by atoms with van der Waals surface area (Å²) in [6, 6.07) is 0. The van der Waals surface area contributed by atoms with Crippen LogP contribution in [0.25, 0.3) is 0 Å². The van der Waals surface area contributed by atoms with E-state index in [1.807, 2.05) is 6.92 Å². The zero-order valence-corrected chi connectivity index (χ0v) is 8.04. The third-order valence-electron chi connectivity index (χ3n) is 2.48. The zero-order valence-electron chi connectivity index (χ0n) is 8.04. The molecule has 0 radical (unpaired) electrons. The summed E-state index contributed by atoms with van der Waals surface area (Å²) in [4.78, 5) is 4.25. The molecule has 0 spiro atoms. The van der Waals surface area contributed by atoms with E-state index in [9.17, 15) is 0 Å². The number of rotatable bonds is 1. The second-order valence-electron chi connectivity index (χ2n) is 3.86. The van der Waals surface area contributed by atoms with E-state index in [4.69, 9.17) is 9.26 Å². The Kier molecular flexibility index (Phi) is 2.07. The number of ether oxygens (including phenoxy) is 1. The molecule has 1 fully saturated rings. The van der Waals surface area contributed by atoms with Gasteiger partial charge < -0.3 is 9.26 Å². The van der Waals surface area contributed by atoms with Crippen LogP contribution in [-0.2, 0) is 10.2 Å². The summed E-state index contributed by atoms with van der Waals surface area (Å²) in [5.74, 6) is 1.41. The lowest BCUT2D eigenvalue weighted by Gasteiger charge is -2.29. The van der Waals surface area contributed by atoms with Gasteiger partial charge in [0.05, 0.1) is 12.0 Å². The normalized spacial score (nSPS) is 29.1. The van der Waals surface area contributed by atoms with Gasteiger partial charge in [-0.25, -0.2) is 0 Å². The Morgan fingerprint density at radius 1 is 1.46 bits per heavy atom. The van der Waals surface area contributed by atoms with Gasteiger partial charge in [-0.3, -0.25) is 0 Å². The Balaban J connectivity index is 2.22. The van der Waals surface area contributed by atoms with Crippen molar-refractivity contribution in [3.63, 3.8) is 0 Å². The number of hydrogen-bond acceptors (Lipinski definition) is 4. The summed E-state index contributed by atoms with van der Waals surface area (Å²) >= 11 is 0. The van der Waals surface area contributed by atoms with Gasteiger partial charge >= 0.3 is 0 Å². The van der Waals surface area contributed by atoms with Gasteiger partial charge in [-0.15, -0.1) is 0 Å². The fraction of sp³-hybridized carbons (Fsp3) is 0.778. The van der Waals surface area contributed by atoms with Gasteiger partial charge in [-0.2, -0.15) is 4.98 Å². The average Bonchev–Trinajstić information content (AvgIpc) is 2.54. The molecular formula is C9H14N2O2. The van der Waals surface area contributed by atoms with Gasteiger partial charge in [0, 0.05) is 6.61 Å². The molecule has 0 aliphatic carbocycles. The molecule has 2 rings (SSSR count). The third kappa shape index (κ3) is 1.58. The average molecular weight is 182 g/mol. The first-order valence-electron chi connectivity index (χ1n) is 4.59. The monoisotopic (exact) mass is 182 g/mol. The van der Waals surface area contributed by atoms with Gasteiger partial charge in [-0.05, 0) is 26.7 Å². The van der Waals surface area contributed by atoms with E-state index >= 15 is 0 Å². The molecule has 4 nitrogen and oxygen atoms in total. The van der Waals surface area contributed by atoms with E-state index in [0.29, 0.717) is 18.3 Å². The molecule has 72 valence electrons. The van der Waals surface area contributed by atoms with Crippen LogP contribution in [0.15, 0.2) is 4.52 Å². The number of aryl methyl sites for hydroxylation is 1. The number of hydrogen-bond donors (Lipinski definition) is 0. The molecule has 1 unspecified atom stereocenters. The Morgan fingerprint density at radius 3 is 2.85 bits per heavy atom. The van der Waals surface area contributed by atoms with E-state index in [1.54, 1.807) is 0 Å². The van der Waals surface area contributed by atoms with Crippen molar-refractivity contribution in [2.24, 2.45) is 0 Å². The predicted octanol–water partition coefficient (Wildman–Crippen LogP) is 1.45. The summed E-state index contributed by atoms with van der Waals surface area (Å²) in [6.07, 6.45) is 2.13. The lowest BCUT2D eigenvalue weighted by molar-refractivity contribution is 0.0282. The Bertz CT molecular complexity index is 290. The van der Waals surface area contributed by atoms with Crippen LogP contribution in [0.4, 0.5) is 0 Å². The minimum absolute atomic E-state index is 0.0699. The maximum atomic E-state index is 5.42. The van der Waals surface area contributed by atoms with Crippen molar-refractivity contribution in [1.29, 1.82) is 0 Å². The summed E-state index contributed by atoms with van der Waals surface area (Å²) < 4.78 is 10.6. The minimum Gasteiger partial charge on any atom is -0.380 e. The third-order valence-corrected chi connectivity index (χ3v) is 2.48. The molecule has 0 aromatic carbocycles. The first-order chi connectivity index (χ1) is 6.21. The van der Waals surface area contributed by atoms with Crippen LogP contribution in [0.3, 0.4) is 0 Å². The van der Waals surface area contributed by atoms with E-state index < -0.39 is 0 Å². The molecule has 1 aliphatic heterocycles. The minimum atomic E-state index is -0.0699. The highest BCUT2D eigenvalue weighted by atomic mass is 16.5. The van der Waals surface area contributed by atoms with E-state index in [2.05, 4.69) is 17.1 Å². The molecule has 1 atom stereocenters. The molecule has 0 saturated carbocycles. The smallest absolute Gasteiger partial charge is 0.234 e. The lowest BCUT2D eigenvalue weighted by Crippen LogP contribution is -2.33. The van der Waals surface area contributed by atoms with Gasteiger partial charge in [0.1, 0.15) is 0 Å². The first kappa shape index (κ1) is 8.69. The zero-order chi connectivity index (χ0) is 9.31. The van der Waals surface area contributed by atoms with E-state index in [1.165, 1.54) is 0 Å². The SMILES string of the molecule is Cc1noc(C2(C)CCCOC2)n1. The Labute approximate surface area is 77.3 Å². The van der Waals surface area contributed by atoms with Crippen molar-refractivity contribution in [1.82, 2.24) is 10.1 Å². The topological polar surface area (TPSA) is 48.2 Å². The standard InChI is InChI=1S/C9H14N2O2/c1-7-10-8(13-11-7)9(2)4-3-5-12-6-9/h3-6H2,1-2H3. The van der Waals surface area contributed by atoms with Crippen LogP contribution in [0, 0.1) is 6.92 Å². The molecule has 1 aromatic rings. The lowest BCUT2D eigenvalue weighted by atomic mass is 9.85. The number of aromatic nitrogens is 2. The van der Waals surface area contributed by atoms with Crippen molar-refractivity contribution in [2.45, 2.75) is 32.1 Å². The summed E-state index contributed by atoms with van der Waals surface area (Å²) in [5, 5.41) is 3.80. The maximum absolute atomic E-state index is 5.42. The second kappa shape index (κ2) is 3.10. The molecule has 13 heavy (non-hydrogen) atoms. The first-order valence-corrected chi connectivity index (χ1v) is 4.59. The Morgan fingerprint density at radius 2 is 2.31 bits per heavy atom. The van der Waals surface area contributed by atoms with Crippen LogP contribution in [-0.4, -0.2) is 23.4 Å². The van der Waals surface area contributed by atoms with Crippen LogP contribution >= 0.6 is 0 Å². The molecule has 1 aromatic heterocycles. The van der Waals surface area contributed by atoms with Crippen molar-refractivity contribution in [3.05, 3.63) is 11.7 Å². The predicted molar refractivity (Wildman–Crippen MR) is 46.4 cm³/mol. The molecule has 2 heterocycles. The molecule has 0 bridgehead atoms. The Hall–Kier alpha value is -0.900. The van der Waals surface area contributed by atoms with Gasteiger partial charge in [0.25, 0.3) is 0 Å². The highest BCUT2D eigenvalue weighted by Crippen LogP contribution is 2.30. The van der Waals surface area contributed by atoms with E-state index in [0.717, 1.165) is 19.4 Å². The summed E-state index contributed by atoms with van der Waals surface area (Å²) in [5.41, 5.74) is -0.0699. The van der Waals surface area contributed by atoms with Gasteiger partial charge in [-0.1, -0.05) is 5.16 Å². The molecule has 1 saturated heterocycles. The fourth-order valence-corrected chi connectivity index (χ4v) is 1.64. The summed E-state index contributed by atoms with van der Waals surface area (Å²) in [7, 11) is 0. The quantitative estimate of drug-likeness (QED) is 0.659. The van der Waals surface area contributed by atoms with E-state index in [-0.39, 0.29) is 5.41 Å². The highest BCUT2D eigenvalue weighted by Gasteiger charge is 2.34. The highest BCUT2D eigenvalue weighted by molar-refractivity contribution is 5.03. The second-order valence-corrected chi connectivity index (χ2v) is 3.86. The van der Waals surface area contributed by atoms with Crippen LogP contribution in [0.5, 0.6) is 0 Å². The van der Waals surface area contributed by atoms with Crippen molar-refractivity contribution < 1.29 is 9.26 Å². The van der Waals surface area contributed by atoms with Gasteiger partial charge in [0.2, 0.25) is 5.89 Å².